The highest BCUT2D eigenvalue weighted by molar-refractivity contribution is 5.88. The van der Waals surface area contributed by atoms with Gasteiger partial charge in [0, 0.05) is 38.2 Å². The lowest BCUT2D eigenvalue weighted by molar-refractivity contribution is -0.317. The van der Waals surface area contributed by atoms with Crippen LogP contribution in [0, 0.1) is 22.7 Å². The molecule has 2 fully saturated rings. The molecule has 7 atom stereocenters. The van der Waals surface area contributed by atoms with Gasteiger partial charge in [-0.1, -0.05) is 13.8 Å². The lowest BCUT2D eigenvalue weighted by atomic mass is 9.39. The molecule has 2 saturated carbocycles. The van der Waals surface area contributed by atoms with E-state index >= 15 is 0 Å². The summed E-state index contributed by atoms with van der Waals surface area (Å²) in [5.74, 6) is -2.38. The van der Waals surface area contributed by atoms with Crippen LogP contribution in [0.1, 0.15) is 65.7 Å². The molecule has 32 heavy (non-hydrogen) atoms. The molecule has 176 valence electrons. The monoisotopic (exact) mass is 448 g/mol. The number of esters is 2. The first-order valence-electron chi connectivity index (χ1n) is 11.1. The zero-order valence-corrected chi connectivity index (χ0v) is 19.4. The second-order valence-corrected chi connectivity index (χ2v) is 10.6. The number of hydrogen-bond donors (Lipinski definition) is 2. The van der Waals surface area contributed by atoms with Crippen molar-refractivity contribution in [1.29, 1.82) is 0 Å². The molecule has 1 aromatic heterocycles. The first-order chi connectivity index (χ1) is 14.7. The fraction of sp³-hybridized carbons (Fsp3) is 0.708. The average molecular weight is 449 g/mol. The maximum atomic E-state index is 13.6. The molecule has 0 bridgehead atoms. The molecule has 4 rings (SSSR count). The Hall–Kier alpha value is -2.19. The van der Waals surface area contributed by atoms with Crippen LogP contribution in [-0.4, -0.2) is 45.7 Å². The van der Waals surface area contributed by atoms with Gasteiger partial charge in [-0.15, -0.1) is 0 Å². The Morgan fingerprint density at radius 1 is 1.09 bits per heavy atom. The molecule has 3 aliphatic carbocycles. The average Bonchev–Trinajstić information content (AvgIpc) is 3.15. The number of carbonyl (C=O) groups is 3. The highest BCUT2D eigenvalue weighted by Crippen LogP contribution is 2.67. The third-order valence-electron chi connectivity index (χ3n) is 8.56. The molecular formula is C24H32O8. The van der Waals surface area contributed by atoms with Gasteiger partial charge >= 0.3 is 11.9 Å². The number of aliphatic hydroxyl groups is 2. The largest absolute Gasteiger partial charge is 0.469 e. The fourth-order valence-corrected chi connectivity index (χ4v) is 7.01. The van der Waals surface area contributed by atoms with Crippen molar-refractivity contribution in [1.82, 2.24) is 0 Å². The number of ether oxygens (including phenoxy) is 2. The first kappa shape index (κ1) is 23.0. The zero-order chi connectivity index (χ0) is 23.9. The standard InChI is InChI=1S/C24H32O8/c1-12(25)31-19-18-15(11-16-14(8-10-30-16)23(18,6)28)22(5)17(27)7-9-21(3,4)24(22,29)20(19)32-13(2)26/h8,10,15,18-20,28-29H,7,9,11H2,1-6H3/t15-,18-,19-,20-,22+,23+,24+/m1/s1. The predicted octanol–water partition coefficient (Wildman–Crippen LogP) is 2.28. The Kier molecular flexibility index (Phi) is 4.96. The van der Waals surface area contributed by atoms with Gasteiger partial charge in [-0.2, -0.15) is 0 Å². The van der Waals surface area contributed by atoms with E-state index in [1.807, 2.05) is 13.8 Å². The molecule has 0 radical (unpaired) electrons. The van der Waals surface area contributed by atoms with Crippen molar-refractivity contribution in [2.24, 2.45) is 22.7 Å². The Bertz CT molecular complexity index is 974. The summed E-state index contributed by atoms with van der Waals surface area (Å²) in [6, 6.07) is 1.66. The topological polar surface area (TPSA) is 123 Å². The van der Waals surface area contributed by atoms with Crippen molar-refractivity contribution in [3.63, 3.8) is 0 Å². The highest BCUT2D eigenvalue weighted by Gasteiger charge is 2.78. The van der Waals surface area contributed by atoms with Gasteiger partial charge in [0.1, 0.15) is 23.2 Å². The molecular weight excluding hydrogens is 416 g/mol. The van der Waals surface area contributed by atoms with Crippen molar-refractivity contribution >= 4 is 17.7 Å². The van der Waals surface area contributed by atoms with Crippen LogP contribution in [0.4, 0.5) is 0 Å². The Labute approximate surface area is 187 Å². The second kappa shape index (κ2) is 6.90. The van der Waals surface area contributed by atoms with Gasteiger partial charge in [-0.25, -0.2) is 0 Å². The zero-order valence-electron chi connectivity index (χ0n) is 19.4. The summed E-state index contributed by atoms with van der Waals surface area (Å²) in [7, 11) is 0. The number of fused-ring (bicyclic) bond motifs is 4. The van der Waals surface area contributed by atoms with Gasteiger partial charge in [0.05, 0.1) is 17.3 Å². The number of ketones is 1. The third kappa shape index (κ3) is 2.71. The Balaban J connectivity index is 2.04. The van der Waals surface area contributed by atoms with E-state index < -0.39 is 58.0 Å². The van der Waals surface area contributed by atoms with E-state index in [0.29, 0.717) is 17.7 Å². The van der Waals surface area contributed by atoms with Crippen molar-refractivity contribution in [2.75, 3.05) is 0 Å². The van der Waals surface area contributed by atoms with Gasteiger partial charge in [-0.05, 0) is 37.7 Å². The van der Waals surface area contributed by atoms with E-state index in [1.54, 1.807) is 19.9 Å². The van der Waals surface area contributed by atoms with Gasteiger partial charge in [-0.3, -0.25) is 14.4 Å². The Morgan fingerprint density at radius 2 is 1.72 bits per heavy atom. The lowest BCUT2D eigenvalue weighted by Gasteiger charge is -2.68. The van der Waals surface area contributed by atoms with Crippen LogP contribution >= 0.6 is 0 Å². The summed E-state index contributed by atoms with van der Waals surface area (Å²) in [5.41, 5.74) is -5.11. The summed E-state index contributed by atoms with van der Waals surface area (Å²) >= 11 is 0. The van der Waals surface area contributed by atoms with Crippen molar-refractivity contribution < 1.29 is 38.5 Å². The van der Waals surface area contributed by atoms with Gasteiger partial charge in [0.15, 0.2) is 6.10 Å². The molecule has 0 aliphatic heterocycles. The van der Waals surface area contributed by atoms with Gasteiger partial charge < -0.3 is 24.1 Å². The fourth-order valence-electron chi connectivity index (χ4n) is 7.01. The molecule has 0 spiro atoms. The number of rotatable bonds is 2. The quantitative estimate of drug-likeness (QED) is 0.661. The van der Waals surface area contributed by atoms with Crippen molar-refractivity contribution in [3.05, 3.63) is 23.7 Å². The van der Waals surface area contributed by atoms with E-state index in [4.69, 9.17) is 13.9 Å². The van der Waals surface area contributed by atoms with E-state index in [0.717, 1.165) is 0 Å². The maximum Gasteiger partial charge on any atom is 0.303 e. The van der Waals surface area contributed by atoms with Crippen LogP contribution in [0.15, 0.2) is 16.7 Å². The second-order valence-electron chi connectivity index (χ2n) is 10.6. The van der Waals surface area contributed by atoms with Crippen LogP contribution in [-0.2, 0) is 35.9 Å². The molecule has 3 aliphatic rings. The van der Waals surface area contributed by atoms with E-state index in [2.05, 4.69) is 0 Å². The smallest absolute Gasteiger partial charge is 0.303 e. The number of Topliss-reactive ketones (excluding diaryl/α,β-unsaturated/α-hetero) is 1. The normalized spacial score (nSPS) is 42.3. The molecule has 8 heteroatoms. The molecule has 0 saturated heterocycles. The minimum absolute atomic E-state index is 0.168. The summed E-state index contributed by atoms with van der Waals surface area (Å²) in [6.45, 7) is 9.39. The summed E-state index contributed by atoms with van der Waals surface area (Å²) < 4.78 is 17.0. The Morgan fingerprint density at radius 3 is 2.31 bits per heavy atom. The molecule has 0 aromatic carbocycles. The van der Waals surface area contributed by atoms with Crippen LogP contribution in [0.3, 0.4) is 0 Å². The van der Waals surface area contributed by atoms with Crippen LogP contribution < -0.4 is 0 Å². The van der Waals surface area contributed by atoms with E-state index in [1.165, 1.54) is 20.1 Å². The highest BCUT2D eigenvalue weighted by atomic mass is 16.6. The first-order valence-corrected chi connectivity index (χ1v) is 11.1. The summed E-state index contributed by atoms with van der Waals surface area (Å²) in [5, 5.41) is 24.2. The van der Waals surface area contributed by atoms with Crippen LogP contribution in [0.5, 0.6) is 0 Å². The minimum Gasteiger partial charge on any atom is -0.469 e. The molecule has 0 amide bonds. The third-order valence-corrected chi connectivity index (χ3v) is 8.56. The minimum atomic E-state index is -1.84. The molecule has 1 aromatic rings. The molecule has 8 nitrogen and oxygen atoms in total. The van der Waals surface area contributed by atoms with E-state index in [-0.39, 0.29) is 18.6 Å². The summed E-state index contributed by atoms with van der Waals surface area (Å²) in [6.07, 6.45) is -0.136. The maximum absolute atomic E-state index is 13.6. The van der Waals surface area contributed by atoms with Crippen LogP contribution in [0.2, 0.25) is 0 Å². The number of carbonyl (C=O) groups excluding carboxylic acids is 3. The summed E-state index contributed by atoms with van der Waals surface area (Å²) in [4.78, 5) is 38.0. The predicted molar refractivity (Wildman–Crippen MR) is 111 cm³/mol. The molecule has 0 unspecified atom stereocenters. The van der Waals surface area contributed by atoms with Gasteiger partial charge in [0.2, 0.25) is 0 Å². The number of furan rings is 1. The van der Waals surface area contributed by atoms with Crippen LogP contribution in [0.25, 0.3) is 0 Å². The van der Waals surface area contributed by atoms with Gasteiger partial charge in [0.25, 0.3) is 0 Å². The van der Waals surface area contributed by atoms with Crippen molar-refractivity contribution in [3.8, 4) is 0 Å². The lowest BCUT2D eigenvalue weighted by Crippen LogP contribution is -2.80. The number of hydrogen-bond acceptors (Lipinski definition) is 8. The molecule has 2 N–H and O–H groups in total. The SMILES string of the molecule is CC(=O)O[C@@H]1[C@H]2[C@@H](Cc3occc3[C@]2(C)O)[C@@]2(C)C(=O)CCC(C)(C)[C@@]2(O)[C@@H]1OC(C)=O. The van der Waals surface area contributed by atoms with E-state index in [9.17, 15) is 24.6 Å². The molecule has 1 heterocycles. The van der Waals surface area contributed by atoms with Crippen molar-refractivity contribution in [2.45, 2.75) is 84.2 Å².